The summed E-state index contributed by atoms with van der Waals surface area (Å²) in [6.07, 6.45) is 3.21. The standard InChI is InChI=1S/C17H14N2O/c1-2-17(20)19(14-6-4-3-5-7-14)15-9-8-13-10-11-18-16(13)12-15/h2-12,18H,1H2. The lowest BCUT2D eigenvalue weighted by Gasteiger charge is -2.21. The number of nitrogens with zero attached hydrogens (tertiary/aromatic N) is 1. The van der Waals surface area contributed by atoms with Gasteiger partial charge in [0.25, 0.3) is 5.91 Å². The first-order valence-corrected chi connectivity index (χ1v) is 6.38. The average molecular weight is 262 g/mol. The van der Waals surface area contributed by atoms with Crippen LogP contribution in [0.3, 0.4) is 0 Å². The van der Waals surface area contributed by atoms with Crippen LogP contribution in [0, 0.1) is 0 Å². The SMILES string of the molecule is C=CC(=O)N(c1ccccc1)c1ccc2cc[nH]c2c1. The van der Waals surface area contributed by atoms with Gasteiger partial charge in [-0.1, -0.05) is 30.8 Å². The Bertz CT molecular complexity index is 759. The van der Waals surface area contributed by atoms with E-state index in [0.717, 1.165) is 22.3 Å². The number of rotatable bonds is 3. The molecule has 0 unspecified atom stereocenters. The van der Waals surface area contributed by atoms with Gasteiger partial charge in [-0.05, 0) is 41.8 Å². The summed E-state index contributed by atoms with van der Waals surface area (Å²) in [5.41, 5.74) is 2.64. The zero-order valence-corrected chi connectivity index (χ0v) is 10.9. The highest BCUT2D eigenvalue weighted by Crippen LogP contribution is 2.28. The quantitative estimate of drug-likeness (QED) is 0.711. The Labute approximate surface area is 117 Å². The number of carbonyl (C=O) groups excluding carboxylic acids is 1. The van der Waals surface area contributed by atoms with Crippen LogP contribution in [-0.4, -0.2) is 10.9 Å². The number of benzene rings is 2. The molecule has 20 heavy (non-hydrogen) atoms. The van der Waals surface area contributed by atoms with Gasteiger partial charge in [-0.15, -0.1) is 0 Å². The van der Waals surface area contributed by atoms with Crippen molar-refractivity contribution in [3.05, 3.63) is 73.4 Å². The van der Waals surface area contributed by atoms with Crippen LogP contribution in [0.15, 0.2) is 73.4 Å². The first-order valence-electron chi connectivity index (χ1n) is 6.38. The fourth-order valence-electron chi connectivity index (χ4n) is 2.25. The molecular formula is C17H14N2O. The van der Waals surface area contributed by atoms with Gasteiger partial charge >= 0.3 is 0 Å². The molecule has 0 aliphatic carbocycles. The van der Waals surface area contributed by atoms with Crippen LogP contribution >= 0.6 is 0 Å². The lowest BCUT2D eigenvalue weighted by molar-refractivity contribution is -0.113. The van der Waals surface area contributed by atoms with E-state index in [4.69, 9.17) is 0 Å². The van der Waals surface area contributed by atoms with Crippen LogP contribution in [0.5, 0.6) is 0 Å². The second kappa shape index (κ2) is 5.05. The van der Waals surface area contributed by atoms with Crippen molar-refractivity contribution in [3.63, 3.8) is 0 Å². The fourth-order valence-corrected chi connectivity index (χ4v) is 2.25. The average Bonchev–Trinajstić information content (AvgIpc) is 2.96. The maximum absolute atomic E-state index is 12.2. The Morgan fingerprint density at radius 2 is 1.85 bits per heavy atom. The van der Waals surface area contributed by atoms with Crippen molar-refractivity contribution >= 4 is 28.2 Å². The first kappa shape index (κ1) is 12.2. The number of H-pyrrole nitrogens is 1. The molecule has 0 fully saturated rings. The Morgan fingerprint density at radius 3 is 2.60 bits per heavy atom. The summed E-state index contributed by atoms with van der Waals surface area (Å²) in [5.74, 6) is -0.151. The maximum Gasteiger partial charge on any atom is 0.254 e. The van der Waals surface area contributed by atoms with Crippen LogP contribution in [0.2, 0.25) is 0 Å². The molecule has 98 valence electrons. The van der Waals surface area contributed by atoms with Gasteiger partial charge in [0, 0.05) is 17.4 Å². The highest BCUT2D eigenvalue weighted by molar-refractivity contribution is 6.07. The smallest absolute Gasteiger partial charge is 0.254 e. The summed E-state index contributed by atoms with van der Waals surface area (Å²) >= 11 is 0. The molecule has 1 N–H and O–H groups in total. The molecule has 1 amide bonds. The Morgan fingerprint density at radius 1 is 1.05 bits per heavy atom. The van der Waals surface area contributed by atoms with Gasteiger partial charge < -0.3 is 4.98 Å². The monoisotopic (exact) mass is 262 g/mol. The third-order valence-electron chi connectivity index (χ3n) is 3.21. The van der Waals surface area contributed by atoms with E-state index in [9.17, 15) is 4.79 Å². The second-order valence-electron chi connectivity index (χ2n) is 4.46. The van der Waals surface area contributed by atoms with Gasteiger partial charge in [-0.25, -0.2) is 0 Å². The fraction of sp³-hybridized carbons (Fsp3) is 0. The summed E-state index contributed by atoms with van der Waals surface area (Å²) in [6, 6.07) is 17.4. The van der Waals surface area contributed by atoms with Gasteiger partial charge in [-0.2, -0.15) is 0 Å². The molecule has 1 heterocycles. The molecule has 0 aliphatic rings. The highest BCUT2D eigenvalue weighted by atomic mass is 16.2. The van der Waals surface area contributed by atoms with Crippen LogP contribution in [0.25, 0.3) is 10.9 Å². The molecule has 0 spiro atoms. The summed E-state index contributed by atoms with van der Waals surface area (Å²) in [7, 11) is 0. The molecule has 0 saturated carbocycles. The predicted molar refractivity (Wildman–Crippen MR) is 82.1 cm³/mol. The molecule has 3 nitrogen and oxygen atoms in total. The zero-order valence-electron chi connectivity index (χ0n) is 10.9. The number of aromatic nitrogens is 1. The van der Waals surface area contributed by atoms with Gasteiger partial charge in [0.05, 0.1) is 5.69 Å². The minimum absolute atomic E-state index is 0.151. The third kappa shape index (κ3) is 2.10. The van der Waals surface area contributed by atoms with E-state index in [2.05, 4.69) is 11.6 Å². The van der Waals surface area contributed by atoms with E-state index in [1.165, 1.54) is 6.08 Å². The molecule has 0 radical (unpaired) electrons. The predicted octanol–water partition coefficient (Wildman–Crippen LogP) is 4.02. The number of hydrogen-bond donors (Lipinski definition) is 1. The van der Waals surface area contributed by atoms with Crippen molar-refractivity contribution in [2.75, 3.05) is 4.90 Å². The molecule has 0 atom stereocenters. The summed E-state index contributed by atoms with van der Waals surface area (Å²) in [6.45, 7) is 3.59. The van der Waals surface area contributed by atoms with Gasteiger partial charge in [0.1, 0.15) is 0 Å². The third-order valence-corrected chi connectivity index (χ3v) is 3.21. The van der Waals surface area contributed by atoms with E-state index >= 15 is 0 Å². The van der Waals surface area contributed by atoms with E-state index in [1.54, 1.807) is 4.90 Å². The summed E-state index contributed by atoms with van der Waals surface area (Å²) in [5, 5.41) is 1.12. The molecule has 3 heteroatoms. The number of aromatic amines is 1. The molecular weight excluding hydrogens is 248 g/mol. The number of hydrogen-bond acceptors (Lipinski definition) is 1. The Kier molecular flexibility index (Phi) is 3.09. The minimum atomic E-state index is -0.151. The van der Waals surface area contributed by atoms with Crippen LogP contribution < -0.4 is 4.90 Å². The summed E-state index contributed by atoms with van der Waals surface area (Å²) < 4.78 is 0. The number of nitrogens with one attached hydrogen (secondary N) is 1. The largest absolute Gasteiger partial charge is 0.361 e. The minimum Gasteiger partial charge on any atom is -0.361 e. The number of carbonyl (C=O) groups is 1. The first-order chi connectivity index (χ1) is 9.79. The molecule has 0 saturated heterocycles. The lowest BCUT2D eigenvalue weighted by Crippen LogP contribution is -2.23. The maximum atomic E-state index is 12.2. The van der Waals surface area contributed by atoms with E-state index in [0.29, 0.717) is 0 Å². The molecule has 3 aromatic rings. The normalized spacial score (nSPS) is 10.4. The van der Waals surface area contributed by atoms with Crippen molar-refractivity contribution in [2.24, 2.45) is 0 Å². The molecule has 3 rings (SSSR count). The van der Waals surface area contributed by atoms with E-state index in [1.807, 2.05) is 60.8 Å². The van der Waals surface area contributed by atoms with Crippen molar-refractivity contribution in [1.29, 1.82) is 0 Å². The number of anilines is 2. The van der Waals surface area contributed by atoms with Gasteiger partial charge in [0.15, 0.2) is 0 Å². The number of amides is 1. The molecule has 0 aliphatic heterocycles. The van der Waals surface area contributed by atoms with E-state index < -0.39 is 0 Å². The number of para-hydroxylation sites is 1. The summed E-state index contributed by atoms with van der Waals surface area (Å²) in [4.78, 5) is 17.0. The van der Waals surface area contributed by atoms with Crippen molar-refractivity contribution in [2.45, 2.75) is 0 Å². The zero-order chi connectivity index (χ0) is 13.9. The van der Waals surface area contributed by atoms with Crippen molar-refractivity contribution in [1.82, 2.24) is 4.98 Å². The van der Waals surface area contributed by atoms with Crippen LogP contribution in [0.4, 0.5) is 11.4 Å². The van der Waals surface area contributed by atoms with Crippen LogP contribution in [-0.2, 0) is 4.79 Å². The van der Waals surface area contributed by atoms with Crippen molar-refractivity contribution in [3.8, 4) is 0 Å². The second-order valence-corrected chi connectivity index (χ2v) is 4.46. The molecule has 1 aromatic heterocycles. The highest BCUT2D eigenvalue weighted by Gasteiger charge is 2.15. The molecule has 2 aromatic carbocycles. The Balaban J connectivity index is 2.13. The van der Waals surface area contributed by atoms with Crippen molar-refractivity contribution < 1.29 is 4.79 Å². The topological polar surface area (TPSA) is 36.1 Å². The van der Waals surface area contributed by atoms with E-state index in [-0.39, 0.29) is 5.91 Å². The lowest BCUT2D eigenvalue weighted by atomic mass is 10.2. The van der Waals surface area contributed by atoms with Crippen LogP contribution in [0.1, 0.15) is 0 Å². The Hall–Kier alpha value is -2.81. The molecule has 0 bridgehead atoms. The van der Waals surface area contributed by atoms with Gasteiger partial charge in [-0.3, -0.25) is 9.69 Å². The van der Waals surface area contributed by atoms with Gasteiger partial charge in [0.2, 0.25) is 0 Å². The number of fused-ring (bicyclic) bond motifs is 1.